The molecule has 2 atom stereocenters. The molecule has 0 amide bonds. The van der Waals surface area contributed by atoms with Crippen LogP contribution in [0.25, 0.3) is 0 Å². The van der Waals surface area contributed by atoms with E-state index < -0.39 is 0 Å². The molecule has 3 nitrogen and oxygen atoms in total. The molecule has 3 fully saturated rings. The molecule has 3 heteroatoms. The number of fused-ring (bicyclic) bond motifs is 1. The summed E-state index contributed by atoms with van der Waals surface area (Å²) < 4.78 is 0. The van der Waals surface area contributed by atoms with Crippen molar-refractivity contribution in [3.8, 4) is 0 Å². The van der Waals surface area contributed by atoms with E-state index in [-0.39, 0.29) is 0 Å². The summed E-state index contributed by atoms with van der Waals surface area (Å²) in [6.07, 6.45) is 10.00. The maximum Gasteiger partial charge on any atom is 0.0224 e. The maximum atomic E-state index is 3.82. The molecule has 2 aliphatic heterocycles. The van der Waals surface area contributed by atoms with Gasteiger partial charge in [0, 0.05) is 44.3 Å². The van der Waals surface area contributed by atoms with Crippen LogP contribution >= 0.6 is 0 Å². The lowest BCUT2D eigenvalue weighted by Gasteiger charge is -2.41. The van der Waals surface area contributed by atoms with Crippen LogP contribution in [0.5, 0.6) is 0 Å². The summed E-state index contributed by atoms with van der Waals surface area (Å²) in [7, 11) is 0. The Morgan fingerprint density at radius 3 is 2.68 bits per heavy atom. The molecule has 0 spiro atoms. The second-order valence-electron chi connectivity index (χ2n) is 6.92. The van der Waals surface area contributed by atoms with Crippen LogP contribution in [0.1, 0.15) is 51.9 Å². The first kappa shape index (κ1) is 13.8. The molecule has 3 rings (SSSR count). The summed E-state index contributed by atoms with van der Waals surface area (Å²) in [4.78, 5) is 5.43. The van der Waals surface area contributed by atoms with Crippen molar-refractivity contribution in [1.82, 2.24) is 15.1 Å². The quantitative estimate of drug-likeness (QED) is 0.839. The molecule has 19 heavy (non-hydrogen) atoms. The van der Waals surface area contributed by atoms with E-state index in [2.05, 4.69) is 22.0 Å². The van der Waals surface area contributed by atoms with E-state index in [1.807, 2.05) is 0 Å². The average Bonchev–Trinajstić information content (AvgIpc) is 2.93. The van der Waals surface area contributed by atoms with Crippen molar-refractivity contribution in [2.45, 2.75) is 70.0 Å². The van der Waals surface area contributed by atoms with E-state index in [1.54, 1.807) is 0 Å². The van der Waals surface area contributed by atoms with E-state index >= 15 is 0 Å². The summed E-state index contributed by atoms with van der Waals surface area (Å²) in [6, 6.07) is 2.39. The minimum Gasteiger partial charge on any atom is -0.312 e. The Bertz CT molecular complexity index is 275. The lowest BCUT2D eigenvalue weighted by Crippen LogP contribution is -2.55. The van der Waals surface area contributed by atoms with Crippen molar-refractivity contribution < 1.29 is 0 Å². The standard InChI is InChI=1S/C16H31N3/c1-14(12-17-15-6-3-2-4-7-15)19-11-10-18-9-5-8-16(18)13-19/h14-17H,2-13H2,1H3. The van der Waals surface area contributed by atoms with Gasteiger partial charge in [0.1, 0.15) is 0 Å². The van der Waals surface area contributed by atoms with Crippen molar-refractivity contribution in [2.24, 2.45) is 0 Å². The van der Waals surface area contributed by atoms with E-state index in [4.69, 9.17) is 0 Å². The molecule has 0 aromatic carbocycles. The van der Waals surface area contributed by atoms with Crippen LogP contribution in [-0.4, -0.2) is 60.6 Å². The molecule has 0 aromatic rings. The van der Waals surface area contributed by atoms with E-state index in [1.165, 1.54) is 77.7 Å². The monoisotopic (exact) mass is 265 g/mol. The zero-order valence-corrected chi connectivity index (χ0v) is 12.6. The molecule has 0 aromatic heterocycles. The molecule has 0 radical (unpaired) electrons. The van der Waals surface area contributed by atoms with Gasteiger partial charge in [-0.15, -0.1) is 0 Å². The molecule has 2 unspecified atom stereocenters. The minimum atomic E-state index is 0.713. The summed E-state index contributed by atoms with van der Waals surface area (Å²) >= 11 is 0. The molecule has 2 saturated heterocycles. The third-order valence-electron chi connectivity index (χ3n) is 5.55. The highest BCUT2D eigenvalue weighted by Crippen LogP contribution is 2.23. The van der Waals surface area contributed by atoms with Crippen molar-refractivity contribution in [1.29, 1.82) is 0 Å². The summed E-state index contributed by atoms with van der Waals surface area (Å²) in [5.41, 5.74) is 0. The van der Waals surface area contributed by atoms with Crippen LogP contribution in [0.3, 0.4) is 0 Å². The number of nitrogens with one attached hydrogen (secondary N) is 1. The molecular formula is C16H31N3. The predicted octanol–water partition coefficient (Wildman–Crippen LogP) is 2.08. The first-order chi connectivity index (χ1) is 9.33. The van der Waals surface area contributed by atoms with Gasteiger partial charge in [-0.25, -0.2) is 0 Å². The lowest BCUT2D eigenvalue weighted by molar-refractivity contribution is 0.0753. The highest BCUT2D eigenvalue weighted by atomic mass is 15.3. The number of nitrogens with zero attached hydrogens (tertiary/aromatic N) is 2. The van der Waals surface area contributed by atoms with Gasteiger partial charge in [-0.3, -0.25) is 9.80 Å². The van der Waals surface area contributed by atoms with Crippen LogP contribution in [-0.2, 0) is 0 Å². The third-order valence-corrected chi connectivity index (χ3v) is 5.55. The zero-order chi connectivity index (χ0) is 13.1. The van der Waals surface area contributed by atoms with Gasteiger partial charge in [-0.2, -0.15) is 0 Å². The minimum absolute atomic E-state index is 0.713. The van der Waals surface area contributed by atoms with Crippen molar-refractivity contribution in [2.75, 3.05) is 32.7 Å². The molecule has 0 bridgehead atoms. The summed E-state index contributed by atoms with van der Waals surface area (Å²) in [5.74, 6) is 0. The van der Waals surface area contributed by atoms with Crippen molar-refractivity contribution in [3.63, 3.8) is 0 Å². The Kier molecular flexibility index (Phi) is 4.78. The SMILES string of the molecule is CC(CNC1CCCCC1)N1CCN2CCCC2C1. The Morgan fingerprint density at radius 2 is 1.84 bits per heavy atom. The smallest absolute Gasteiger partial charge is 0.0224 e. The second-order valence-corrected chi connectivity index (χ2v) is 6.92. The fourth-order valence-electron chi connectivity index (χ4n) is 4.19. The number of hydrogen-bond acceptors (Lipinski definition) is 3. The Labute approximate surface area is 118 Å². The predicted molar refractivity (Wildman–Crippen MR) is 80.5 cm³/mol. The molecular weight excluding hydrogens is 234 g/mol. The highest BCUT2D eigenvalue weighted by Gasteiger charge is 2.32. The van der Waals surface area contributed by atoms with Crippen LogP contribution in [0.2, 0.25) is 0 Å². The van der Waals surface area contributed by atoms with Gasteiger partial charge < -0.3 is 5.32 Å². The van der Waals surface area contributed by atoms with Gasteiger partial charge in [0.25, 0.3) is 0 Å². The third kappa shape index (κ3) is 3.50. The highest BCUT2D eigenvalue weighted by molar-refractivity contribution is 4.89. The normalized spacial score (nSPS) is 32.4. The topological polar surface area (TPSA) is 18.5 Å². The number of piperazine rings is 1. The van der Waals surface area contributed by atoms with Crippen LogP contribution < -0.4 is 5.32 Å². The van der Waals surface area contributed by atoms with E-state index in [0.717, 1.165) is 12.1 Å². The molecule has 1 N–H and O–H groups in total. The largest absolute Gasteiger partial charge is 0.312 e. The molecule has 1 saturated carbocycles. The average molecular weight is 265 g/mol. The number of hydrogen-bond donors (Lipinski definition) is 1. The zero-order valence-electron chi connectivity index (χ0n) is 12.6. The van der Waals surface area contributed by atoms with E-state index in [9.17, 15) is 0 Å². The Morgan fingerprint density at radius 1 is 1.00 bits per heavy atom. The van der Waals surface area contributed by atoms with Gasteiger partial charge in [-0.05, 0) is 39.2 Å². The van der Waals surface area contributed by atoms with Crippen molar-refractivity contribution in [3.05, 3.63) is 0 Å². The van der Waals surface area contributed by atoms with Gasteiger partial charge in [0.15, 0.2) is 0 Å². The van der Waals surface area contributed by atoms with Gasteiger partial charge in [0.05, 0.1) is 0 Å². The van der Waals surface area contributed by atoms with Gasteiger partial charge in [0.2, 0.25) is 0 Å². The van der Waals surface area contributed by atoms with Crippen molar-refractivity contribution >= 4 is 0 Å². The molecule has 1 aliphatic carbocycles. The van der Waals surface area contributed by atoms with E-state index in [0.29, 0.717) is 6.04 Å². The van der Waals surface area contributed by atoms with Crippen LogP contribution in [0, 0.1) is 0 Å². The summed E-state index contributed by atoms with van der Waals surface area (Å²) in [5, 5.41) is 3.82. The first-order valence-electron chi connectivity index (χ1n) is 8.54. The van der Waals surface area contributed by atoms with Crippen LogP contribution in [0.15, 0.2) is 0 Å². The number of rotatable bonds is 4. The fraction of sp³-hybridized carbons (Fsp3) is 1.00. The second kappa shape index (κ2) is 6.55. The Hall–Kier alpha value is -0.120. The fourth-order valence-corrected chi connectivity index (χ4v) is 4.19. The lowest BCUT2D eigenvalue weighted by atomic mass is 9.95. The first-order valence-corrected chi connectivity index (χ1v) is 8.54. The molecule has 110 valence electrons. The van der Waals surface area contributed by atoms with Crippen LogP contribution in [0.4, 0.5) is 0 Å². The Balaban J connectivity index is 1.41. The van der Waals surface area contributed by atoms with Gasteiger partial charge in [-0.1, -0.05) is 19.3 Å². The molecule has 3 aliphatic rings. The van der Waals surface area contributed by atoms with Gasteiger partial charge >= 0.3 is 0 Å². The maximum absolute atomic E-state index is 3.82. The molecule has 2 heterocycles. The summed E-state index contributed by atoms with van der Waals surface area (Å²) in [6.45, 7) is 8.86.